The van der Waals surface area contributed by atoms with Gasteiger partial charge in [-0.25, -0.2) is 9.78 Å². The Kier molecular flexibility index (Phi) is 5.76. The van der Waals surface area contributed by atoms with E-state index in [4.69, 9.17) is 5.11 Å². The van der Waals surface area contributed by atoms with Gasteiger partial charge in [0.1, 0.15) is 5.82 Å². The number of benzene rings is 1. The van der Waals surface area contributed by atoms with Crippen LogP contribution >= 0.6 is 0 Å². The minimum Gasteiger partial charge on any atom is -0.394 e. The summed E-state index contributed by atoms with van der Waals surface area (Å²) in [6.07, 6.45) is 3.77. The van der Waals surface area contributed by atoms with Crippen LogP contribution in [0.4, 0.5) is 10.5 Å². The Labute approximate surface area is 136 Å². The zero-order valence-electron chi connectivity index (χ0n) is 13.8. The number of urea groups is 1. The number of hydrogen-bond acceptors (Lipinski definition) is 3. The number of carbonyl (C=O) groups is 1. The fourth-order valence-corrected chi connectivity index (χ4v) is 2.34. The number of hydrogen-bond donors (Lipinski definition) is 3. The van der Waals surface area contributed by atoms with Gasteiger partial charge in [-0.1, -0.05) is 26.0 Å². The molecule has 0 radical (unpaired) electrons. The fraction of sp³-hybridized carbons (Fsp3) is 0.412. The molecule has 0 fully saturated rings. The van der Waals surface area contributed by atoms with Gasteiger partial charge in [0.05, 0.1) is 12.6 Å². The molecular weight excluding hydrogens is 292 g/mol. The zero-order valence-corrected chi connectivity index (χ0v) is 13.8. The van der Waals surface area contributed by atoms with Crippen molar-refractivity contribution in [1.29, 1.82) is 0 Å². The summed E-state index contributed by atoms with van der Waals surface area (Å²) in [5.74, 6) is 1.40. The molecular formula is C17H24N4O2. The largest absolute Gasteiger partial charge is 0.394 e. The molecule has 0 bridgehead atoms. The fourth-order valence-electron chi connectivity index (χ4n) is 2.34. The van der Waals surface area contributed by atoms with E-state index in [1.807, 2.05) is 30.5 Å². The number of amides is 2. The molecule has 0 saturated carbocycles. The maximum Gasteiger partial charge on any atom is 0.319 e. The molecule has 0 spiro atoms. The first-order valence-corrected chi connectivity index (χ1v) is 7.78. The third-order valence-corrected chi connectivity index (χ3v) is 3.45. The van der Waals surface area contributed by atoms with Gasteiger partial charge < -0.3 is 20.3 Å². The zero-order chi connectivity index (χ0) is 16.8. The third kappa shape index (κ3) is 4.82. The van der Waals surface area contributed by atoms with Crippen LogP contribution in [-0.2, 0) is 6.54 Å². The van der Waals surface area contributed by atoms with Gasteiger partial charge >= 0.3 is 6.03 Å². The quantitative estimate of drug-likeness (QED) is 0.766. The first kappa shape index (κ1) is 17.0. The molecule has 0 aliphatic carbocycles. The molecule has 0 aliphatic rings. The molecule has 1 aromatic heterocycles. The number of nitrogens with one attached hydrogen (secondary N) is 2. The number of carbonyl (C=O) groups excluding carboxylic acids is 1. The number of nitrogens with zero attached hydrogens (tertiary/aromatic N) is 2. The first-order chi connectivity index (χ1) is 11.0. The van der Waals surface area contributed by atoms with E-state index in [0.717, 1.165) is 17.1 Å². The minimum absolute atomic E-state index is 0.0912. The summed E-state index contributed by atoms with van der Waals surface area (Å²) in [5.41, 5.74) is 1.80. The van der Waals surface area contributed by atoms with E-state index in [1.165, 1.54) is 0 Å². The van der Waals surface area contributed by atoms with Crippen molar-refractivity contribution in [3.8, 4) is 0 Å². The molecule has 2 amide bonds. The van der Waals surface area contributed by atoms with Crippen LogP contribution in [-0.4, -0.2) is 33.3 Å². The van der Waals surface area contributed by atoms with E-state index in [9.17, 15) is 4.79 Å². The van der Waals surface area contributed by atoms with Crippen molar-refractivity contribution in [3.63, 3.8) is 0 Å². The van der Waals surface area contributed by atoms with Gasteiger partial charge in [0.25, 0.3) is 0 Å². The standard InChI is InChI=1S/C17H24N4O2/c1-12(2)16-18-7-8-21(16)10-14-5-4-6-15(9-14)20-17(23)19-13(3)11-22/h4-9,12-13,22H,10-11H2,1-3H3,(H2,19,20,23). The van der Waals surface area contributed by atoms with Gasteiger partial charge in [-0.15, -0.1) is 0 Å². The predicted octanol–water partition coefficient (Wildman–Crippen LogP) is 2.56. The lowest BCUT2D eigenvalue weighted by Gasteiger charge is -2.14. The summed E-state index contributed by atoms with van der Waals surface area (Å²) in [5, 5.41) is 14.4. The highest BCUT2D eigenvalue weighted by Crippen LogP contribution is 2.16. The molecule has 124 valence electrons. The van der Waals surface area contributed by atoms with E-state index >= 15 is 0 Å². The summed E-state index contributed by atoms with van der Waals surface area (Å²) in [4.78, 5) is 16.2. The van der Waals surface area contributed by atoms with E-state index in [1.54, 1.807) is 13.1 Å². The smallest absolute Gasteiger partial charge is 0.319 e. The second-order valence-electron chi connectivity index (χ2n) is 5.95. The van der Waals surface area contributed by atoms with Crippen LogP contribution in [0.15, 0.2) is 36.7 Å². The Balaban J connectivity index is 2.05. The Bertz CT molecular complexity index is 652. The van der Waals surface area contributed by atoms with Crippen molar-refractivity contribution in [1.82, 2.24) is 14.9 Å². The summed E-state index contributed by atoms with van der Waals surface area (Å²) >= 11 is 0. The van der Waals surface area contributed by atoms with Crippen molar-refractivity contribution in [3.05, 3.63) is 48.0 Å². The van der Waals surface area contributed by atoms with Gasteiger partial charge in [-0.2, -0.15) is 0 Å². The van der Waals surface area contributed by atoms with Crippen molar-refractivity contribution in [2.24, 2.45) is 0 Å². The van der Waals surface area contributed by atoms with Gasteiger partial charge in [-0.3, -0.25) is 0 Å². The van der Waals surface area contributed by atoms with Crippen LogP contribution in [0.25, 0.3) is 0 Å². The van der Waals surface area contributed by atoms with Crippen molar-refractivity contribution in [2.45, 2.75) is 39.3 Å². The van der Waals surface area contributed by atoms with Crippen molar-refractivity contribution in [2.75, 3.05) is 11.9 Å². The number of imidazole rings is 1. The molecule has 0 saturated heterocycles. The average molecular weight is 316 g/mol. The average Bonchev–Trinajstić information content (AvgIpc) is 2.95. The number of aliphatic hydroxyl groups excluding tert-OH is 1. The van der Waals surface area contributed by atoms with Gasteiger partial charge in [0, 0.05) is 30.5 Å². The second-order valence-corrected chi connectivity index (χ2v) is 5.95. The van der Waals surface area contributed by atoms with E-state index in [0.29, 0.717) is 12.5 Å². The lowest BCUT2D eigenvalue weighted by molar-refractivity contribution is 0.229. The van der Waals surface area contributed by atoms with Crippen LogP contribution in [0.1, 0.15) is 38.1 Å². The van der Waals surface area contributed by atoms with Gasteiger partial charge in [0.15, 0.2) is 0 Å². The highest BCUT2D eigenvalue weighted by atomic mass is 16.3. The van der Waals surface area contributed by atoms with E-state index in [-0.39, 0.29) is 18.7 Å². The summed E-state index contributed by atoms with van der Waals surface area (Å²) in [6, 6.07) is 7.10. The van der Waals surface area contributed by atoms with Crippen LogP contribution in [0.5, 0.6) is 0 Å². The molecule has 0 aliphatic heterocycles. The lowest BCUT2D eigenvalue weighted by atomic mass is 10.1. The maximum atomic E-state index is 11.8. The van der Waals surface area contributed by atoms with Crippen LogP contribution in [0.3, 0.4) is 0 Å². The minimum atomic E-state index is -0.325. The van der Waals surface area contributed by atoms with Crippen molar-refractivity contribution < 1.29 is 9.90 Å². The highest BCUT2D eigenvalue weighted by Gasteiger charge is 2.09. The summed E-state index contributed by atoms with van der Waals surface area (Å²) < 4.78 is 2.11. The Morgan fingerprint density at radius 2 is 2.13 bits per heavy atom. The number of rotatable bonds is 6. The maximum absolute atomic E-state index is 11.8. The molecule has 1 heterocycles. The molecule has 6 heteroatoms. The predicted molar refractivity (Wildman–Crippen MR) is 90.6 cm³/mol. The number of aromatic nitrogens is 2. The second kappa shape index (κ2) is 7.78. The van der Waals surface area contributed by atoms with E-state index < -0.39 is 0 Å². The van der Waals surface area contributed by atoms with Crippen LogP contribution < -0.4 is 10.6 Å². The van der Waals surface area contributed by atoms with Crippen molar-refractivity contribution >= 4 is 11.7 Å². The van der Waals surface area contributed by atoms with Crippen LogP contribution in [0.2, 0.25) is 0 Å². The van der Waals surface area contributed by atoms with Gasteiger partial charge in [-0.05, 0) is 24.6 Å². The monoisotopic (exact) mass is 316 g/mol. The topological polar surface area (TPSA) is 79.2 Å². The summed E-state index contributed by atoms with van der Waals surface area (Å²) in [7, 11) is 0. The normalized spacial score (nSPS) is 12.2. The molecule has 23 heavy (non-hydrogen) atoms. The van der Waals surface area contributed by atoms with Gasteiger partial charge in [0.2, 0.25) is 0 Å². The number of aliphatic hydroxyl groups is 1. The number of anilines is 1. The molecule has 6 nitrogen and oxygen atoms in total. The third-order valence-electron chi connectivity index (χ3n) is 3.45. The van der Waals surface area contributed by atoms with Crippen LogP contribution in [0, 0.1) is 0 Å². The Hall–Kier alpha value is -2.34. The Morgan fingerprint density at radius 3 is 2.83 bits per heavy atom. The molecule has 3 N–H and O–H groups in total. The molecule has 1 atom stereocenters. The molecule has 2 aromatic rings. The SMILES string of the molecule is CC(CO)NC(=O)Nc1cccc(Cn2ccnc2C(C)C)c1. The first-order valence-electron chi connectivity index (χ1n) is 7.78. The molecule has 2 rings (SSSR count). The van der Waals surface area contributed by atoms with E-state index in [2.05, 4.69) is 34.0 Å². The summed E-state index contributed by atoms with van der Waals surface area (Å²) in [6.45, 7) is 6.58. The Morgan fingerprint density at radius 1 is 1.35 bits per heavy atom. The highest BCUT2D eigenvalue weighted by molar-refractivity contribution is 5.89. The molecule has 1 unspecified atom stereocenters. The molecule has 1 aromatic carbocycles. The lowest BCUT2D eigenvalue weighted by Crippen LogP contribution is -2.38.